The van der Waals surface area contributed by atoms with Gasteiger partial charge >= 0.3 is 0 Å². The van der Waals surface area contributed by atoms with Gasteiger partial charge in [0, 0.05) is 13.1 Å². The summed E-state index contributed by atoms with van der Waals surface area (Å²) < 4.78 is 12.7. The lowest BCUT2D eigenvalue weighted by Gasteiger charge is -2.28. The Balaban J connectivity index is 2.34. The molecule has 0 aliphatic rings. The van der Waals surface area contributed by atoms with E-state index in [1.165, 1.54) is 12.1 Å². The number of hydrogen-bond donors (Lipinski definition) is 2. The van der Waals surface area contributed by atoms with Crippen LogP contribution < -0.4 is 11.1 Å². The largest absolute Gasteiger partial charge is 0.351 e. The lowest BCUT2D eigenvalue weighted by atomic mass is 9.93. The summed E-state index contributed by atoms with van der Waals surface area (Å²) >= 11 is 0. The Labute approximate surface area is 120 Å². The maximum absolute atomic E-state index is 12.7. The number of halogens is 1. The van der Waals surface area contributed by atoms with Gasteiger partial charge in [0.2, 0.25) is 5.91 Å². The van der Waals surface area contributed by atoms with Crippen LogP contribution in [0.25, 0.3) is 0 Å². The first-order chi connectivity index (χ1) is 9.32. The lowest BCUT2D eigenvalue weighted by molar-refractivity contribution is -0.122. The Kier molecular flexibility index (Phi) is 6.10. The van der Waals surface area contributed by atoms with E-state index in [1.54, 1.807) is 12.1 Å². The van der Waals surface area contributed by atoms with Crippen molar-refractivity contribution in [1.82, 2.24) is 10.2 Å². The van der Waals surface area contributed by atoms with Crippen LogP contribution >= 0.6 is 0 Å². The van der Waals surface area contributed by atoms with E-state index in [1.807, 2.05) is 11.9 Å². The minimum absolute atomic E-state index is 0.00795. The third-order valence-electron chi connectivity index (χ3n) is 3.07. The maximum atomic E-state index is 12.7. The zero-order valence-corrected chi connectivity index (χ0v) is 12.4. The number of nitrogens with zero attached hydrogens (tertiary/aromatic N) is 1. The quantitative estimate of drug-likeness (QED) is 0.793. The SMILES string of the molecule is CN(CC(=O)NCc1ccc(F)cc1)CC(C)(C)CN. The molecule has 0 aromatic heterocycles. The maximum Gasteiger partial charge on any atom is 0.234 e. The summed E-state index contributed by atoms with van der Waals surface area (Å²) in [5.41, 5.74) is 6.55. The van der Waals surface area contributed by atoms with Gasteiger partial charge in [-0.05, 0) is 36.7 Å². The predicted molar refractivity (Wildman–Crippen MR) is 78.6 cm³/mol. The number of nitrogens with one attached hydrogen (secondary N) is 1. The fraction of sp³-hybridized carbons (Fsp3) is 0.533. The van der Waals surface area contributed by atoms with Crippen LogP contribution in [0.2, 0.25) is 0 Å². The van der Waals surface area contributed by atoms with Crippen LogP contribution in [-0.4, -0.2) is 37.5 Å². The third kappa shape index (κ3) is 6.12. The Hall–Kier alpha value is -1.46. The molecule has 20 heavy (non-hydrogen) atoms. The van der Waals surface area contributed by atoms with Crippen molar-refractivity contribution < 1.29 is 9.18 Å². The molecule has 0 aliphatic heterocycles. The molecule has 5 heteroatoms. The van der Waals surface area contributed by atoms with Crippen molar-refractivity contribution in [2.45, 2.75) is 20.4 Å². The number of carbonyl (C=O) groups excluding carboxylic acids is 1. The summed E-state index contributed by atoms with van der Waals surface area (Å²) in [6.45, 7) is 6.21. The smallest absolute Gasteiger partial charge is 0.234 e. The number of nitrogens with two attached hydrogens (primary N) is 1. The summed E-state index contributed by atoms with van der Waals surface area (Å²) in [7, 11) is 1.90. The van der Waals surface area contributed by atoms with Crippen molar-refractivity contribution in [3.63, 3.8) is 0 Å². The highest BCUT2D eigenvalue weighted by Gasteiger charge is 2.19. The summed E-state index contributed by atoms with van der Waals surface area (Å²) in [5.74, 6) is -0.325. The average molecular weight is 281 g/mol. The van der Waals surface area contributed by atoms with Gasteiger partial charge in [0.25, 0.3) is 0 Å². The minimum Gasteiger partial charge on any atom is -0.351 e. The zero-order chi connectivity index (χ0) is 15.2. The number of rotatable bonds is 7. The molecule has 0 saturated heterocycles. The normalized spacial score (nSPS) is 11.7. The van der Waals surface area contributed by atoms with Crippen molar-refractivity contribution in [3.05, 3.63) is 35.6 Å². The molecule has 3 N–H and O–H groups in total. The Bertz CT molecular complexity index is 431. The van der Waals surface area contributed by atoms with Crippen molar-refractivity contribution in [1.29, 1.82) is 0 Å². The van der Waals surface area contributed by atoms with Gasteiger partial charge in [-0.3, -0.25) is 9.69 Å². The molecule has 0 atom stereocenters. The standard InChI is InChI=1S/C15H24FN3O/c1-15(2,10-17)11-19(3)9-14(20)18-8-12-4-6-13(16)7-5-12/h4-7H,8-11,17H2,1-3H3,(H,18,20). The first-order valence-corrected chi connectivity index (χ1v) is 6.72. The topological polar surface area (TPSA) is 58.4 Å². The summed E-state index contributed by atoms with van der Waals surface area (Å²) in [4.78, 5) is 13.8. The zero-order valence-electron chi connectivity index (χ0n) is 12.4. The van der Waals surface area contributed by atoms with Crippen LogP contribution in [-0.2, 0) is 11.3 Å². The molecule has 0 aliphatic carbocycles. The Morgan fingerprint density at radius 3 is 2.50 bits per heavy atom. The van der Waals surface area contributed by atoms with Crippen LogP contribution in [0.4, 0.5) is 4.39 Å². The third-order valence-corrected chi connectivity index (χ3v) is 3.07. The number of likely N-dealkylation sites (N-methyl/N-ethyl adjacent to an activating group) is 1. The average Bonchev–Trinajstić information content (AvgIpc) is 2.37. The molecule has 0 unspecified atom stereocenters. The van der Waals surface area contributed by atoms with E-state index in [-0.39, 0.29) is 17.1 Å². The van der Waals surface area contributed by atoms with Crippen molar-refractivity contribution in [2.75, 3.05) is 26.7 Å². The highest BCUT2D eigenvalue weighted by atomic mass is 19.1. The number of amides is 1. The highest BCUT2D eigenvalue weighted by molar-refractivity contribution is 5.77. The van der Waals surface area contributed by atoms with Crippen LogP contribution in [0, 0.1) is 11.2 Å². The molecule has 1 aromatic carbocycles. The van der Waals surface area contributed by atoms with Gasteiger partial charge < -0.3 is 11.1 Å². The van der Waals surface area contributed by atoms with E-state index in [2.05, 4.69) is 19.2 Å². The summed E-state index contributed by atoms with van der Waals surface area (Å²) in [6.07, 6.45) is 0. The molecule has 0 saturated carbocycles. The molecule has 0 bridgehead atoms. The summed E-state index contributed by atoms with van der Waals surface area (Å²) in [5, 5.41) is 2.82. The Morgan fingerprint density at radius 2 is 1.95 bits per heavy atom. The number of carbonyl (C=O) groups is 1. The molecule has 0 radical (unpaired) electrons. The van der Waals surface area contributed by atoms with Crippen molar-refractivity contribution >= 4 is 5.91 Å². The number of hydrogen-bond acceptors (Lipinski definition) is 3. The van der Waals surface area contributed by atoms with Gasteiger partial charge in [0.1, 0.15) is 5.82 Å². The second-order valence-electron chi connectivity index (χ2n) is 5.94. The van der Waals surface area contributed by atoms with E-state index in [0.717, 1.165) is 12.1 Å². The number of benzene rings is 1. The molecular formula is C15H24FN3O. The van der Waals surface area contributed by atoms with Gasteiger partial charge in [0.05, 0.1) is 6.54 Å². The van der Waals surface area contributed by atoms with Crippen LogP contribution in [0.5, 0.6) is 0 Å². The highest BCUT2D eigenvalue weighted by Crippen LogP contribution is 2.13. The van der Waals surface area contributed by atoms with Gasteiger partial charge in [-0.25, -0.2) is 4.39 Å². The molecule has 4 nitrogen and oxygen atoms in total. The molecule has 0 fully saturated rings. The van der Waals surface area contributed by atoms with Gasteiger partial charge in [-0.1, -0.05) is 26.0 Å². The van der Waals surface area contributed by atoms with E-state index >= 15 is 0 Å². The predicted octanol–water partition coefficient (Wildman–Crippen LogP) is 1.36. The Morgan fingerprint density at radius 1 is 1.35 bits per heavy atom. The van der Waals surface area contributed by atoms with Crippen molar-refractivity contribution in [3.8, 4) is 0 Å². The molecule has 1 rings (SSSR count). The van der Waals surface area contributed by atoms with Crippen molar-refractivity contribution in [2.24, 2.45) is 11.1 Å². The van der Waals surface area contributed by atoms with Crippen LogP contribution in [0.15, 0.2) is 24.3 Å². The van der Waals surface area contributed by atoms with Crippen LogP contribution in [0.3, 0.4) is 0 Å². The first kappa shape index (κ1) is 16.6. The minimum atomic E-state index is -0.274. The molecule has 1 aromatic rings. The molecule has 112 valence electrons. The molecule has 1 amide bonds. The fourth-order valence-corrected chi connectivity index (χ4v) is 1.96. The fourth-order valence-electron chi connectivity index (χ4n) is 1.96. The molecule has 0 heterocycles. The van der Waals surface area contributed by atoms with E-state index in [9.17, 15) is 9.18 Å². The molecule has 0 spiro atoms. The van der Waals surface area contributed by atoms with E-state index in [4.69, 9.17) is 5.73 Å². The first-order valence-electron chi connectivity index (χ1n) is 6.72. The van der Waals surface area contributed by atoms with Gasteiger partial charge in [-0.2, -0.15) is 0 Å². The van der Waals surface area contributed by atoms with E-state index < -0.39 is 0 Å². The van der Waals surface area contributed by atoms with Gasteiger partial charge in [0.15, 0.2) is 0 Å². The van der Waals surface area contributed by atoms with Gasteiger partial charge in [-0.15, -0.1) is 0 Å². The van der Waals surface area contributed by atoms with Crippen LogP contribution in [0.1, 0.15) is 19.4 Å². The second kappa shape index (κ2) is 7.36. The summed E-state index contributed by atoms with van der Waals surface area (Å²) in [6, 6.07) is 6.10. The monoisotopic (exact) mass is 281 g/mol. The lowest BCUT2D eigenvalue weighted by Crippen LogP contribution is -2.41. The second-order valence-corrected chi connectivity index (χ2v) is 5.94. The molecular weight excluding hydrogens is 257 g/mol. The van der Waals surface area contributed by atoms with E-state index in [0.29, 0.717) is 19.6 Å².